The van der Waals surface area contributed by atoms with Gasteiger partial charge in [0.05, 0.1) is 3.79 Å². The van der Waals surface area contributed by atoms with Crippen molar-refractivity contribution in [2.75, 3.05) is 6.54 Å². The first-order valence-electron chi connectivity index (χ1n) is 5.06. The van der Waals surface area contributed by atoms with E-state index in [4.69, 9.17) is 10.5 Å². The summed E-state index contributed by atoms with van der Waals surface area (Å²) >= 11 is 8.48. The van der Waals surface area contributed by atoms with Crippen molar-refractivity contribution < 1.29 is 4.74 Å². The van der Waals surface area contributed by atoms with E-state index in [1.54, 1.807) is 11.3 Å². The van der Waals surface area contributed by atoms with Gasteiger partial charge in [-0.1, -0.05) is 15.9 Å². The van der Waals surface area contributed by atoms with Crippen molar-refractivity contribution in [1.82, 2.24) is 0 Å². The standard InChI is InChI=1S/C12H11Br2NOS/c13-8-1-3-9(4-2-8)16-10(7-15)11-5-6-12(14)17-11/h1-6,10H,7,15H2. The molecule has 90 valence electrons. The highest BCUT2D eigenvalue weighted by molar-refractivity contribution is 9.11. The van der Waals surface area contributed by atoms with E-state index >= 15 is 0 Å². The van der Waals surface area contributed by atoms with E-state index in [0.29, 0.717) is 6.54 Å². The summed E-state index contributed by atoms with van der Waals surface area (Å²) in [6, 6.07) is 11.8. The van der Waals surface area contributed by atoms with Crippen LogP contribution in [-0.2, 0) is 0 Å². The molecule has 0 amide bonds. The fourth-order valence-corrected chi connectivity index (χ4v) is 3.13. The molecule has 1 atom stereocenters. The van der Waals surface area contributed by atoms with E-state index in [-0.39, 0.29) is 6.10 Å². The summed E-state index contributed by atoms with van der Waals surface area (Å²) in [5.41, 5.74) is 5.75. The van der Waals surface area contributed by atoms with Gasteiger partial charge in [-0.05, 0) is 52.3 Å². The molecular formula is C12H11Br2NOS. The fraction of sp³-hybridized carbons (Fsp3) is 0.167. The molecule has 0 fully saturated rings. The van der Waals surface area contributed by atoms with Gasteiger partial charge in [-0.2, -0.15) is 0 Å². The molecule has 0 saturated heterocycles. The van der Waals surface area contributed by atoms with Crippen molar-refractivity contribution in [3.63, 3.8) is 0 Å². The minimum atomic E-state index is -0.0903. The summed E-state index contributed by atoms with van der Waals surface area (Å²) in [4.78, 5) is 1.13. The highest BCUT2D eigenvalue weighted by atomic mass is 79.9. The minimum absolute atomic E-state index is 0.0903. The van der Waals surface area contributed by atoms with Crippen LogP contribution < -0.4 is 10.5 Å². The Labute approximate surface area is 121 Å². The summed E-state index contributed by atoms with van der Waals surface area (Å²) in [7, 11) is 0. The normalized spacial score (nSPS) is 12.4. The van der Waals surface area contributed by atoms with Crippen LogP contribution in [0, 0.1) is 0 Å². The highest BCUT2D eigenvalue weighted by Gasteiger charge is 2.13. The number of thiophene rings is 1. The van der Waals surface area contributed by atoms with Crippen molar-refractivity contribution in [2.45, 2.75) is 6.10 Å². The Hall–Kier alpha value is -0.360. The third-order valence-corrected chi connectivity index (χ3v) is 4.46. The number of ether oxygens (including phenoxy) is 1. The van der Waals surface area contributed by atoms with Gasteiger partial charge < -0.3 is 10.5 Å². The molecule has 2 nitrogen and oxygen atoms in total. The molecule has 0 aliphatic carbocycles. The number of halogens is 2. The smallest absolute Gasteiger partial charge is 0.145 e. The molecule has 0 bridgehead atoms. The second kappa shape index (κ2) is 6.00. The zero-order valence-corrected chi connectivity index (χ0v) is 12.9. The van der Waals surface area contributed by atoms with Crippen molar-refractivity contribution in [3.05, 3.63) is 49.5 Å². The van der Waals surface area contributed by atoms with Gasteiger partial charge in [-0.25, -0.2) is 0 Å². The van der Waals surface area contributed by atoms with Crippen LogP contribution in [0.15, 0.2) is 44.7 Å². The zero-order chi connectivity index (χ0) is 12.3. The van der Waals surface area contributed by atoms with Crippen LogP contribution >= 0.6 is 43.2 Å². The van der Waals surface area contributed by atoms with E-state index in [0.717, 1.165) is 18.9 Å². The van der Waals surface area contributed by atoms with Crippen LogP contribution in [0.4, 0.5) is 0 Å². The Morgan fingerprint density at radius 2 is 1.82 bits per heavy atom. The maximum absolute atomic E-state index is 5.86. The number of benzene rings is 1. The van der Waals surface area contributed by atoms with E-state index in [1.807, 2.05) is 36.4 Å². The van der Waals surface area contributed by atoms with Crippen molar-refractivity contribution in [1.29, 1.82) is 0 Å². The first-order valence-corrected chi connectivity index (χ1v) is 7.47. The van der Waals surface area contributed by atoms with Crippen LogP contribution in [-0.4, -0.2) is 6.54 Å². The highest BCUT2D eigenvalue weighted by Crippen LogP contribution is 2.30. The molecule has 0 aliphatic heterocycles. The Balaban J connectivity index is 2.12. The molecule has 1 aromatic heterocycles. The molecule has 0 spiro atoms. The summed E-state index contributed by atoms with van der Waals surface area (Å²) in [5.74, 6) is 0.827. The molecule has 5 heteroatoms. The van der Waals surface area contributed by atoms with Crippen molar-refractivity contribution in [2.24, 2.45) is 5.73 Å². The molecule has 2 rings (SSSR count). The third kappa shape index (κ3) is 3.55. The van der Waals surface area contributed by atoms with Gasteiger partial charge in [-0.3, -0.25) is 0 Å². The first-order chi connectivity index (χ1) is 8.19. The largest absolute Gasteiger partial charge is 0.484 e. The number of nitrogens with two attached hydrogens (primary N) is 1. The lowest BCUT2D eigenvalue weighted by Crippen LogP contribution is -2.17. The van der Waals surface area contributed by atoms with E-state index in [2.05, 4.69) is 31.9 Å². The average molecular weight is 377 g/mol. The topological polar surface area (TPSA) is 35.2 Å². The fourth-order valence-electron chi connectivity index (χ4n) is 1.40. The lowest BCUT2D eigenvalue weighted by molar-refractivity contribution is 0.218. The predicted molar refractivity (Wildman–Crippen MR) is 78.6 cm³/mol. The molecule has 0 saturated carbocycles. The first kappa shape index (κ1) is 13.1. The second-order valence-electron chi connectivity index (χ2n) is 3.44. The van der Waals surface area contributed by atoms with E-state index in [1.165, 1.54) is 0 Å². The molecule has 1 aromatic carbocycles. The maximum atomic E-state index is 5.86. The van der Waals surface area contributed by atoms with Crippen LogP contribution in [0.2, 0.25) is 0 Å². The van der Waals surface area contributed by atoms with E-state index < -0.39 is 0 Å². The average Bonchev–Trinajstić information content (AvgIpc) is 2.75. The molecule has 1 unspecified atom stereocenters. The Morgan fingerprint density at radius 3 is 2.35 bits per heavy atom. The Morgan fingerprint density at radius 1 is 1.12 bits per heavy atom. The molecule has 0 radical (unpaired) electrons. The molecule has 2 aromatic rings. The zero-order valence-electron chi connectivity index (χ0n) is 8.90. The summed E-state index contributed by atoms with van der Waals surface area (Å²) < 4.78 is 7.99. The summed E-state index contributed by atoms with van der Waals surface area (Å²) in [6.45, 7) is 0.461. The molecular weight excluding hydrogens is 366 g/mol. The third-order valence-electron chi connectivity index (χ3n) is 2.22. The van der Waals surface area contributed by atoms with Gasteiger partial charge in [-0.15, -0.1) is 11.3 Å². The van der Waals surface area contributed by atoms with Crippen LogP contribution in [0.5, 0.6) is 5.75 Å². The van der Waals surface area contributed by atoms with E-state index in [9.17, 15) is 0 Å². The SMILES string of the molecule is NCC(Oc1ccc(Br)cc1)c1ccc(Br)s1. The molecule has 17 heavy (non-hydrogen) atoms. The Bertz CT molecular complexity index is 484. The maximum Gasteiger partial charge on any atom is 0.145 e. The summed E-state index contributed by atoms with van der Waals surface area (Å²) in [5, 5.41) is 0. The monoisotopic (exact) mass is 375 g/mol. The van der Waals surface area contributed by atoms with Crippen LogP contribution in [0.25, 0.3) is 0 Å². The van der Waals surface area contributed by atoms with Gasteiger partial charge >= 0.3 is 0 Å². The van der Waals surface area contributed by atoms with Gasteiger partial charge in [0, 0.05) is 15.9 Å². The number of hydrogen-bond acceptors (Lipinski definition) is 3. The van der Waals surface area contributed by atoms with Crippen LogP contribution in [0.1, 0.15) is 11.0 Å². The minimum Gasteiger partial charge on any atom is -0.484 e. The Kier molecular flexibility index (Phi) is 4.62. The predicted octanol–water partition coefficient (Wildman–Crippen LogP) is 4.35. The van der Waals surface area contributed by atoms with Gasteiger partial charge in [0.15, 0.2) is 0 Å². The lowest BCUT2D eigenvalue weighted by atomic mass is 10.3. The second-order valence-corrected chi connectivity index (χ2v) is 6.85. The number of rotatable bonds is 4. The molecule has 1 heterocycles. The van der Waals surface area contributed by atoms with Crippen LogP contribution in [0.3, 0.4) is 0 Å². The quantitative estimate of drug-likeness (QED) is 0.860. The van der Waals surface area contributed by atoms with Crippen molar-refractivity contribution >= 4 is 43.2 Å². The van der Waals surface area contributed by atoms with Crippen molar-refractivity contribution in [3.8, 4) is 5.75 Å². The lowest BCUT2D eigenvalue weighted by Gasteiger charge is -2.15. The van der Waals surface area contributed by atoms with Gasteiger partial charge in [0.2, 0.25) is 0 Å². The molecule has 2 N–H and O–H groups in total. The van der Waals surface area contributed by atoms with Gasteiger partial charge in [0.1, 0.15) is 11.9 Å². The van der Waals surface area contributed by atoms with Gasteiger partial charge in [0.25, 0.3) is 0 Å². The summed E-state index contributed by atoms with van der Waals surface area (Å²) in [6.07, 6.45) is -0.0903. The number of hydrogen-bond donors (Lipinski definition) is 1. The molecule has 0 aliphatic rings.